The standard InChI is InChI=1S/C11H22N2O/c1-5-7-10(12)11(14)13(6-2)8-9(3)4/h5,9-10H,1,6-8,12H2,2-4H3. The number of nitrogens with zero attached hydrogens (tertiary/aromatic N) is 1. The highest BCUT2D eigenvalue weighted by Crippen LogP contribution is 2.02. The summed E-state index contributed by atoms with van der Waals surface area (Å²) in [6.07, 6.45) is 2.24. The maximum Gasteiger partial charge on any atom is 0.239 e. The van der Waals surface area contributed by atoms with Crippen molar-refractivity contribution in [3.8, 4) is 0 Å². The molecule has 82 valence electrons. The molecule has 1 atom stereocenters. The molecular formula is C11H22N2O. The van der Waals surface area contributed by atoms with Gasteiger partial charge in [-0.25, -0.2) is 0 Å². The van der Waals surface area contributed by atoms with Gasteiger partial charge in [0.25, 0.3) is 0 Å². The Kier molecular flexibility index (Phi) is 6.21. The summed E-state index contributed by atoms with van der Waals surface area (Å²) in [5, 5.41) is 0. The van der Waals surface area contributed by atoms with Crippen LogP contribution >= 0.6 is 0 Å². The fourth-order valence-corrected chi connectivity index (χ4v) is 1.33. The van der Waals surface area contributed by atoms with Gasteiger partial charge in [0.1, 0.15) is 0 Å². The maximum atomic E-state index is 11.8. The van der Waals surface area contributed by atoms with Crippen molar-refractivity contribution in [1.82, 2.24) is 4.90 Å². The molecule has 0 aromatic heterocycles. The monoisotopic (exact) mass is 198 g/mol. The van der Waals surface area contributed by atoms with Crippen LogP contribution in [0.4, 0.5) is 0 Å². The Morgan fingerprint density at radius 2 is 2.14 bits per heavy atom. The molecule has 0 saturated carbocycles. The van der Waals surface area contributed by atoms with Crippen LogP contribution in [0, 0.1) is 5.92 Å². The summed E-state index contributed by atoms with van der Waals surface area (Å²) in [4.78, 5) is 13.6. The minimum atomic E-state index is -0.425. The highest BCUT2D eigenvalue weighted by atomic mass is 16.2. The van der Waals surface area contributed by atoms with E-state index >= 15 is 0 Å². The van der Waals surface area contributed by atoms with Gasteiger partial charge in [-0.1, -0.05) is 19.9 Å². The van der Waals surface area contributed by atoms with Gasteiger partial charge < -0.3 is 10.6 Å². The largest absolute Gasteiger partial charge is 0.341 e. The molecule has 1 unspecified atom stereocenters. The van der Waals surface area contributed by atoms with Crippen molar-refractivity contribution in [3.63, 3.8) is 0 Å². The summed E-state index contributed by atoms with van der Waals surface area (Å²) in [5.74, 6) is 0.510. The zero-order valence-corrected chi connectivity index (χ0v) is 9.49. The molecule has 0 bridgehead atoms. The highest BCUT2D eigenvalue weighted by molar-refractivity contribution is 5.81. The van der Waals surface area contributed by atoms with E-state index in [0.717, 1.165) is 13.1 Å². The van der Waals surface area contributed by atoms with Crippen molar-refractivity contribution < 1.29 is 4.79 Å². The van der Waals surface area contributed by atoms with E-state index in [2.05, 4.69) is 20.4 Å². The summed E-state index contributed by atoms with van der Waals surface area (Å²) in [7, 11) is 0. The van der Waals surface area contributed by atoms with Crippen LogP contribution in [0.15, 0.2) is 12.7 Å². The van der Waals surface area contributed by atoms with Crippen molar-refractivity contribution in [2.45, 2.75) is 33.2 Å². The predicted octanol–water partition coefficient (Wildman–Crippen LogP) is 1.39. The average Bonchev–Trinajstić information content (AvgIpc) is 2.13. The van der Waals surface area contributed by atoms with E-state index in [1.165, 1.54) is 0 Å². The van der Waals surface area contributed by atoms with Crippen molar-refractivity contribution in [1.29, 1.82) is 0 Å². The Bertz CT molecular complexity index is 190. The first-order valence-corrected chi connectivity index (χ1v) is 5.18. The SMILES string of the molecule is C=CCC(N)C(=O)N(CC)CC(C)C. The number of rotatable bonds is 6. The van der Waals surface area contributed by atoms with Crippen molar-refractivity contribution in [3.05, 3.63) is 12.7 Å². The Labute approximate surface area is 87.0 Å². The second-order valence-corrected chi connectivity index (χ2v) is 3.90. The summed E-state index contributed by atoms with van der Waals surface area (Å²) in [5.41, 5.74) is 5.72. The Morgan fingerprint density at radius 1 is 1.57 bits per heavy atom. The predicted molar refractivity (Wildman–Crippen MR) is 59.9 cm³/mol. The second-order valence-electron chi connectivity index (χ2n) is 3.90. The van der Waals surface area contributed by atoms with E-state index in [4.69, 9.17) is 5.73 Å². The molecular weight excluding hydrogens is 176 g/mol. The van der Waals surface area contributed by atoms with Crippen LogP contribution in [0.2, 0.25) is 0 Å². The Morgan fingerprint density at radius 3 is 2.50 bits per heavy atom. The van der Waals surface area contributed by atoms with E-state index in [1.807, 2.05) is 6.92 Å². The third-order valence-corrected chi connectivity index (χ3v) is 2.02. The molecule has 0 radical (unpaired) electrons. The first-order chi connectivity index (χ1) is 6.52. The normalized spacial score (nSPS) is 12.6. The van der Waals surface area contributed by atoms with Crippen molar-refractivity contribution in [2.24, 2.45) is 11.7 Å². The van der Waals surface area contributed by atoms with E-state index in [1.54, 1.807) is 11.0 Å². The number of amides is 1. The molecule has 1 amide bonds. The lowest BCUT2D eigenvalue weighted by molar-refractivity contribution is -0.132. The Balaban J connectivity index is 4.22. The molecule has 14 heavy (non-hydrogen) atoms. The lowest BCUT2D eigenvalue weighted by Gasteiger charge is -2.25. The molecule has 0 rings (SSSR count). The van der Waals surface area contributed by atoms with Gasteiger partial charge in [0.05, 0.1) is 6.04 Å². The van der Waals surface area contributed by atoms with E-state index in [-0.39, 0.29) is 5.91 Å². The first kappa shape index (κ1) is 13.2. The van der Waals surface area contributed by atoms with E-state index < -0.39 is 6.04 Å². The minimum Gasteiger partial charge on any atom is -0.341 e. The first-order valence-electron chi connectivity index (χ1n) is 5.18. The molecule has 0 aliphatic carbocycles. The van der Waals surface area contributed by atoms with Gasteiger partial charge in [0.2, 0.25) is 5.91 Å². The number of carbonyl (C=O) groups is 1. The molecule has 0 spiro atoms. The maximum absolute atomic E-state index is 11.8. The third-order valence-electron chi connectivity index (χ3n) is 2.02. The molecule has 3 heteroatoms. The van der Waals surface area contributed by atoms with E-state index in [0.29, 0.717) is 12.3 Å². The molecule has 0 saturated heterocycles. The van der Waals surface area contributed by atoms with Gasteiger partial charge in [-0.15, -0.1) is 6.58 Å². The van der Waals surface area contributed by atoms with Crippen molar-refractivity contribution in [2.75, 3.05) is 13.1 Å². The van der Waals surface area contributed by atoms with Gasteiger partial charge >= 0.3 is 0 Å². The molecule has 0 fully saturated rings. The lowest BCUT2D eigenvalue weighted by Crippen LogP contribution is -2.44. The highest BCUT2D eigenvalue weighted by Gasteiger charge is 2.18. The second kappa shape index (κ2) is 6.60. The number of likely N-dealkylation sites (N-methyl/N-ethyl adjacent to an activating group) is 1. The quantitative estimate of drug-likeness (QED) is 0.656. The minimum absolute atomic E-state index is 0.0288. The van der Waals surface area contributed by atoms with Crippen LogP contribution in [0.3, 0.4) is 0 Å². The average molecular weight is 198 g/mol. The lowest BCUT2D eigenvalue weighted by atomic mass is 10.1. The zero-order chi connectivity index (χ0) is 11.1. The summed E-state index contributed by atoms with van der Waals surface area (Å²) in [6, 6.07) is -0.425. The van der Waals surface area contributed by atoms with Crippen LogP contribution in [-0.4, -0.2) is 29.9 Å². The third kappa shape index (κ3) is 4.42. The molecule has 0 aliphatic heterocycles. The summed E-state index contributed by atoms with van der Waals surface area (Å²) < 4.78 is 0. The molecule has 3 nitrogen and oxygen atoms in total. The fraction of sp³-hybridized carbons (Fsp3) is 0.727. The van der Waals surface area contributed by atoms with Crippen LogP contribution in [0.25, 0.3) is 0 Å². The Hall–Kier alpha value is -0.830. The number of carbonyl (C=O) groups excluding carboxylic acids is 1. The van der Waals surface area contributed by atoms with Crippen LogP contribution in [0.1, 0.15) is 27.2 Å². The van der Waals surface area contributed by atoms with Crippen LogP contribution < -0.4 is 5.73 Å². The summed E-state index contributed by atoms with van der Waals surface area (Å²) >= 11 is 0. The summed E-state index contributed by atoms with van der Waals surface area (Å²) in [6.45, 7) is 11.2. The molecule has 0 aliphatic rings. The van der Waals surface area contributed by atoms with Gasteiger partial charge in [-0.3, -0.25) is 4.79 Å². The molecule has 2 N–H and O–H groups in total. The van der Waals surface area contributed by atoms with Crippen molar-refractivity contribution >= 4 is 5.91 Å². The zero-order valence-electron chi connectivity index (χ0n) is 9.49. The van der Waals surface area contributed by atoms with Crippen LogP contribution in [-0.2, 0) is 4.79 Å². The molecule has 0 aromatic carbocycles. The number of hydrogen-bond acceptors (Lipinski definition) is 2. The van der Waals surface area contributed by atoms with Crippen LogP contribution in [0.5, 0.6) is 0 Å². The van der Waals surface area contributed by atoms with Gasteiger partial charge in [0, 0.05) is 13.1 Å². The van der Waals surface area contributed by atoms with E-state index in [9.17, 15) is 4.79 Å². The fourth-order valence-electron chi connectivity index (χ4n) is 1.33. The topological polar surface area (TPSA) is 46.3 Å². The van der Waals surface area contributed by atoms with Gasteiger partial charge in [-0.2, -0.15) is 0 Å². The molecule has 0 heterocycles. The molecule has 0 aromatic rings. The van der Waals surface area contributed by atoms with Gasteiger partial charge in [-0.05, 0) is 19.3 Å². The smallest absolute Gasteiger partial charge is 0.239 e. The number of nitrogens with two attached hydrogens (primary N) is 1. The van der Waals surface area contributed by atoms with Gasteiger partial charge in [0.15, 0.2) is 0 Å². The number of hydrogen-bond donors (Lipinski definition) is 1.